The van der Waals surface area contributed by atoms with Gasteiger partial charge in [-0.1, -0.05) is 0 Å². The third-order valence-electron chi connectivity index (χ3n) is 4.23. The predicted octanol–water partition coefficient (Wildman–Crippen LogP) is 0.236. The fourth-order valence-corrected chi connectivity index (χ4v) is 2.83. The second-order valence-corrected chi connectivity index (χ2v) is 5.81. The van der Waals surface area contributed by atoms with Gasteiger partial charge in [-0.2, -0.15) is 13.2 Å². The number of amides is 2. The molecule has 1 N–H and O–H groups in total. The normalized spacial score (nSPS) is 21.3. The number of carbonyl (C=O) groups excluding carboxylic acids is 2. The average Bonchev–Trinajstić information content (AvgIpc) is 2.54. The van der Waals surface area contributed by atoms with Crippen LogP contribution < -0.4 is 5.32 Å². The predicted molar refractivity (Wildman–Crippen MR) is 75.6 cm³/mol. The molecular weight excluding hydrogens is 315 g/mol. The fraction of sp³-hybridized carbons (Fsp3) is 0.857. The first-order valence-electron chi connectivity index (χ1n) is 7.82. The molecule has 0 aromatic heterocycles. The van der Waals surface area contributed by atoms with Gasteiger partial charge in [0.2, 0.25) is 5.91 Å². The van der Waals surface area contributed by atoms with Crippen molar-refractivity contribution in [2.24, 2.45) is 5.92 Å². The standard InChI is InChI=1S/C14H22F3N3O3/c15-14(16,17)13(22)20-4-1-11(2-5-20)12(21)18-3-6-19-7-9-23-10-8-19/h11H,1-10H2,(H,18,21). The van der Waals surface area contributed by atoms with Crippen LogP contribution in [-0.4, -0.2) is 80.3 Å². The van der Waals surface area contributed by atoms with Gasteiger partial charge < -0.3 is 15.0 Å². The smallest absolute Gasteiger partial charge is 0.379 e. The lowest BCUT2D eigenvalue weighted by Gasteiger charge is -2.32. The van der Waals surface area contributed by atoms with E-state index in [0.717, 1.165) is 24.5 Å². The molecule has 0 aliphatic carbocycles. The zero-order valence-corrected chi connectivity index (χ0v) is 12.9. The van der Waals surface area contributed by atoms with Crippen molar-refractivity contribution in [2.75, 3.05) is 52.5 Å². The Morgan fingerprint density at radius 2 is 1.70 bits per heavy atom. The Labute approximate surface area is 132 Å². The van der Waals surface area contributed by atoms with Crippen molar-refractivity contribution in [3.8, 4) is 0 Å². The number of piperidine rings is 1. The summed E-state index contributed by atoms with van der Waals surface area (Å²) in [4.78, 5) is 26.1. The summed E-state index contributed by atoms with van der Waals surface area (Å²) in [6, 6.07) is 0. The number of halogens is 3. The molecule has 2 aliphatic heterocycles. The van der Waals surface area contributed by atoms with Crippen molar-refractivity contribution in [1.82, 2.24) is 15.1 Å². The zero-order valence-electron chi connectivity index (χ0n) is 12.9. The molecule has 2 fully saturated rings. The molecule has 0 aromatic carbocycles. The van der Waals surface area contributed by atoms with Crippen molar-refractivity contribution in [1.29, 1.82) is 0 Å². The molecule has 0 bridgehead atoms. The highest BCUT2D eigenvalue weighted by Gasteiger charge is 2.43. The average molecular weight is 337 g/mol. The summed E-state index contributed by atoms with van der Waals surface area (Å²) in [7, 11) is 0. The van der Waals surface area contributed by atoms with Crippen molar-refractivity contribution in [3.63, 3.8) is 0 Å². The number of nitrogens with zero attached hydrogens (tertiary/aromatic N) is 2. The number of alkyl halides is 3. The number of hydrogen-bond donors (Lipinski definition) is 1. The Morgan fingerprint density at radius 1 is 1.09 bits per heavy atom. The molecule has 0 aromatic rings. The first kappa shape index (κ1) is 18.0. The number of hydrogen-bond acceptors (Lipinski definition) is 4. The molecule has 0 atom stereocenters. The van der Waals surface area contributed by atoms with Crippen LogP contribution in [0.5, 0.6) is 0 Å². The molecule has 2 amide bonds. The third-order valence-corrected chi connectivity index (χ3v) is 4.23. The second-order valence-electron chi connectivity index (χ2n) is 5.81. The van der Waals surface area contributed by atoms with Crippen molar-refractivity contribution in [3.05, 3.63) is 0 Å². The van der Waals surface area contributed by atoms with Crippen molar-refractivity contribution >= 4 is 11.8 Å². The number of ether oxygens (including phenoxy) is 1. The monoisotopic (exact) mass is 337 g/mol. The minimum Gasteiger partial charge on any atom is -0.379 e. The van der Waals surface area contributed by atoms with E-state index in [2.05, 4.69) is 10.2 Å². The van der Waals surface area contributed by atoms with Gasteiger partial charge in [-0.25, -0.2) is 0 Å². The first-order chi connectivity index (χ1) is 10.9. The van der Waals surface area contributed by atoms with E-state index in [1.807, 2.05) is 0 Å². The van der Waals surface area contributed by atoms with Gasteiger partial charge in [0.05, 0.1) is 13.2 Å². The third kappa shape index (κ3) is 5.35. The molecule has 0 saturated carbocycles. The van der Waals surface area contributed by atoms with Gasteiger partial charge in [0.1, 0.15) is 0 Å². The van der Waals surface area contributed by atoms with Crippen LogP contribution in [0.1, 0.15) is 12.8 Å². The van der Waals surface area contributed by atoms with Gasteiger partial charge in [-0.05, 0) is 12.8 Å². The Kier molecular flexibility index (Phi) is 6.23. The molecule has 0 radical (unpaired) electrons. The summed E-state index contributed by atoms with van der Waals surface area (Å²) in [5.74, 6) is -2.28. The van der Waals surface area contributed by atoms with E-state index < -0.39 is 12.1 Å². The van der Waals surface area contributed by atoms with E-state index in [1.54, 1.807) is 0 Å². The van der Waals surface area contributed by atoms with Crippen LogP contribution in [0, 0.1) is 5.92 Å². The molecule has 2 saturated heterocycles. The lowest BCUT2D eigenvalue weighted by atomic mass is 9.96. The van der Waals surface area contributed by atoms with Crippen molar-refractivity contribution in [2.45, 2.75) is 19.0 Å². The van der Waals surface area contributed by atoms with E-state index in [-0.39, 0.29) is 37.8 Å². The van der Waals surface area contributed by atoms with E-state index in [1.165, 1.54) is 0 Å². The summed E-state index contributed by atoms with van der Waals surface area (Å²) >= 11 is 0. The van der Waals surface area contributed by atoms with E-state index in [9.17, 15) is 22.8 Å². The number of morpholine rings is 1. The molecule has 9 heteroatoms. The minimum absolute atomic E-state index is 0.0279. The lowest BCUT2D eigenvalue weighted by molar-refractivity contribution is -0.186. The van der Waals surface area contributed by atoms with Gasteiger partial charge in [-0.3, -0.25) is 14.5 Å². The van der Waals surface area contributed by atoms with Crippen molar-refractivity contribution < 1.29 is 27.5 Å². The molecule has 2 rings (SSSR count). The molecule has 2 heterocycles. The SMILES string of the molecule is O=C(NCCN1CCOCC1)C1CCN(C(=O)C(F)(F)F)CC1. The molecular formula is C14H22F3N3O3. The topological polar surface area (TPSA) is 61.9 Å². The lowest BCUT2D eigenvalue weighted by Crippen LogP contribution is -2.48. The Balaban J connectivity index is 1.66. The maximum absolute atomic E-state index is 12.3. The first-order valence-corrected chi connectivity index (χ1v) is 7.82. The van der Waals surface area contributed by atoms with Gasteiger partial charge in [-0.15, -0.1) is 0 Å². The summed E-state index contributed by atoms with van der Waals surface area (Å²) in [5.41, 5.74) is 0. The van der Waals surface area contributed by atoms with Crippen LogP contribution in [0.25, 0.3) is 0 Å². The summed E-state index contributed by atoms with van der Waals surface area (Å²) in [5, 5.41) is 2.83. The summed E-state index contributed by atoms with van der Waals surface area (Å²) < 4.78 is 42.3. The molecule has 132 valence electrons. The quantitative estimate of drug-likeness (QED) is 0.798. The Bertz CT molecular complexity index is 417. The highest BCUT2D eigenvalue weighted by atomic mass is 19.4. The van der Waals surface area contributed by atoms with Crippen LogP contribution in [0.15, 0.2) is 0 Å². The zero-order chi connectivity index (χ0) is 16.9. The maximum Gasteiger partial charge on any atom is 0.471 e. The largest absolute Gasteiger partial charge is 0.471 e. The van der Waals surface area contributed by atoms with Gasteiger partial charge in [0.25, 0.3) is 0 Å². The van der Waals surface area contributed by atoms with Crippen LogP contribution in [0.3, 0.4) is 0 Å². The van der Waals surface area contributed by atoms with Gasteiger partial charge >= 0.3 is 12.1 Å². The second kappa shape index (κ2) is 7.96. The van der Waals surface area contributed by atoms with Crippen LogP contribution >= 0.6 is 0 Å². The summed E-state index contributed by atoms with van der Waals surface area (Å²) in [6.07, 6.45) is -4.30. The van der Waals surface area contributed by atoms with Gasteiger partial charge in [0, 0.05) is 45.2 Å². The number of nitrogens with one attached hydrogen (secondary N) is 1. The molecule has 0 spiro atoms. The summed E-state index contributed by atoms with van der Waals surface area (Å²) in [6.45, 7) is 4.27. The molecule has 6 nitrogen and oxygen atoms in total. The number of carbonyl (C=O) groups is 2. The maximum atomic E-state index is 12.3. The molecule has 2 aliphatic rings. The van der Waals surface area contributed by atoms with Crippen LogP contribution in [-0.2, 0) is 14.3 Å². The van der Waals surface area contributed by atoms with E-state index >= 15 is 0 Å². The van der Waals surface area contributed by atoms with Crippen LogP contribution in [0.2, 0.25) is 0 Å². The molecule has 0 unspecified atom stereocenters. The Morgan fingerprint density at radius 3 is 2.26 bits per heavy atom. The van der Waals surface area contributed by atoms with E-state index in [0.29, 0.717) is 19.8 Å². The minimum atomic E-state index is -4.84. The van der Waals surface area contributed by atoms with Crippen LogP contribution in [0.4, 0.5) is 13.2 Å². The Hall–Kier alpha value is -1.35. The number of likely N-dealkylation sites (tertiary alicyclic amines) is 1. The van der Waals surface area contributed by atoms with E-state index in [4.69, 9.17) is 4.74 Å². The highest BCUT2D eigenvalue weighted by Crippen LogP contribution is 2.23. The highest BCUT2D eigenvalue weighted by molar-refractivity contribution is 5.83. The fourth-order valence-electron chi connectivity index (χ4n) is 2.83. The van der Waals surface area contributed by atoms with Gasteiger partial charge in [0.15, 0.2) is 0 Å². The molecule has 23 heavy (non-hydrogen) atoms. The number of rotatable bonds is 4.